The first-order valence-corrected chi connectivity index (χ1v) is 8.53. The van der Waals surface area contributed by atoms with Crippen molar-refractivity contribution in [2.45, 2.75) is 11.8 Å². The van der Waals surface area contributed by atoms with Crippen LogP contribution in [0.15, 0.2) is 66.1 Å². The third-order valence-electron chi connectivity index (χ3n) is 3.19. The standard InChI is InChI=1S/C17H14F2N4O2S/c18-16(19)25-14-8-6-12(7-9-14)21-15(24)10-26-17-20-11-23(22-17)13-4-2-1-3-5-13/h1-9,11,16H,10H2,(H,21,24). The van der Waals surface area contributed by atoms with Crippen molar-refractivity contribution >= 4 is 23.4 Å². The molecule has 2 aromatic carbocycles. The Labute approximate surface area is 152 Å². The molecule has 0 aliphatic carbocycles. The number of carbonyl (C=O) groups excluding carboxylic acids is 1. The van der Waals surface area contributed by atoms with Gasteiger partial charge < -0.3 is 10.1 Å². The van der Waals surface area contributed by atoms with Gasteiger partial charge in [-0.25, -0.2) is 9.67 Å². The van der Waals surface area contributed by atoms with Crippen LogP contribution in [0.4, 0.5) is 14.5 Å². The van der Waals surface area contributed by atoms with E-state index in [4.69, 9.17) is 0 Å². The van der Waals surface area contributed by atoms with Gasteiger partial charge >= 0.3 is 6.61 Å². The van der Waals surface area contributed by atoms with Crippen molar-refractivity contribution in [1.29, 1.82) is 0 Å². The summed E-state index contributed by atoms with van der Waals surface area (Å²) in [5.41, 5.74) is 1.36. The number of thioether (sulfide) groups is 1. The Balaban J connectivity index is 1.50. The molecular formula is C17H14F2N4O2S. The van der Waals surface area contributed by atoms with Gasteiger partial charge in [-0.15, -0.1) is 5.10 Å². The highest BCUT2D eigenvalue weighted by atomic mass is 32.2. The highest BCUT2D eigenvalue weighted by molar-refractivity contribution is 7.99. The molecule has 9 heteroatoms. The summed E-state index contributed by atoms with van der Waals surface area (Å²) < 4.78 is 30.1. The number of aromatic nitrogens is 3. The lowest BCUT2D eigenvalue weighted by Crippen LogP contribution is -2.14. The van der Waals surface area contributed by atoms with E-state index >= 15 is 0 Å². The molecule has 1 heterocycles. The summed E-state index contributed by atoms with van der Waals surface area (Å²) in [6.07, 6.45) is 1.58. The van der Waals surface area contributed by atoms with E-state index in [1.54, 1.807) is 11.0 Å². The first kappa shape index (κ1) is 17.9. The summed E-state index contributed by atoms with van der Waals surface area (Å²) >= 11 is 1.20. The summed E-state index contributed by atoms with van der Waals surface area (Å²) in [5.74, 6) is -0.106. The largest absolute Gasteiger partial charge is 0.435 e. The molecular weight excluding hydrogens is 362 g/mol. The number of hydrogen-bond donors (Lipinski definition) is 1. The Morgan fingerprint density at radius 1 is 1.15 bits per heavy atom. The molecule has 3 aromatic rings. The highest BCUT2D eigenvalue weighted by Gasteiger charge is 2.09. The summed E-state index contributed by atoms with van der Waals surface area (Å²) in [5, 5.41) is 7.44. The van der Waals surface area contributed by atoms with Crippen molar-refractivity contribution in [2.24, 2.45) is 0 Å². The molecule has 0 saturated carbocycles. The molecule has 0 aliphatic heterocycles. The van der Waals surface area contributed by atoms with Crippen molar-refractivity contribution in [3.8, 4) is 11.4 Å². The first-order valence-electron chi connectivity index (χ1n) is 7.55. The Bertz CT molecular complexity index is 857. The smallest absolute Gasteiger partial charge is 0.387 e. The number of halogens is 2. The number of benzene rings is 2. The van der Waals surface area contributed by atoms with Crippen LogP contribution in [0.25, 0.3) is 5.69 Å². The monoisotopic (exact) mass is 376 g/mol. The zero-order valence-corrected chi connectivity index (χ0v) is 14.2. The summed E-state index contributed by atoms with van der Waals surface area (Å²) in [4.78, 5) is 16.1. The molecule has 6 nitrogen and oxygen atoms in total. The van der Waals surface area contributed by atoms with Crippen LogP contribution in [0.3, 0.4) is 0 Å². The van der Waals surface area contributed by atoms with Crippen molar-refractivity contribution in [1.82, 2.24) is 14.8 Å². The zero-order valence-electron chi connectivity index (χ0n) is 13.4. The molecule has 0 spiro atoms. The number of hydrogen-bond acceptors (Lipinski definition) is 5. The topological polar surface area (TPSA) is 69.0 Å². The van der Waals surface area contributed by atoms with E-state index in [0.29, 0.717) is 10.8 Å². The lowest BCUT2D eigenvalue weighted by Gasteiger charge is -2.07. The first-order chi connectivity index (χ1) is 12.6. The van der Waals surface area contributed by atoms with Gasteiger partial charge in [-0.1, -0.05) is 30.0 Å². The van der Waals surface area contributed by atoms with E-state index in [-0.39, 0.29) is 17.4 Å². The fourth-order valence-electron chi connectivity index (χ4n) is 2.07. The van der Waals surface area contributed by atoms with Crippen molar-refractivity contribution in [3.63, 3.8) is 0 Å². The second kappa shape index (κ2) is 8.43. The lowest BCUT2D eigenvalue weighted by molar-refractivity contribution is -0.113. The number of para-hydroxylation sites is 1. The quantitative estimate of drug-likeness (QED) is 0.638. The van der Waals surface area contributed by atoms with E-state index < -0.39 is 6.61 Å². The highest BCUT2D eigenvalue weighted by Crippen LogP contribution is 2.19. The normalized spacial score (nSPS) is 10.7. The van der Waals surface area contributed by atoms with Gasteiger partial charge in [0.15, 0.2) is 0 Å². The number of nitrogens with zero attached hydrogens (tertiary/aromatic N) is 3. The van der Waals surface area contributed by atoms with E-state index in [2.05, 4.69) is 20.1 Å². The van der Waals surface area contributed by atoms with Gasteiger partial charge in [0.1, 0.15) is 12.1 Å². The molecule has 0 fully saturated rings. The zero-order chi connectivity index (χ0) is 18.4. The fraction of sp³-hybridized carbons (Fsp3) is 0.118. The molecule has 1 N–H and O–H groups in total. The average Bonchev–Trinajstić information content (AvgIpc) is 3.11. The Morgan fingerprint density at radius 2 is 1.88 bits per heavy atom. The summed E-state index contributed by atoms with van der Waals surface area (Å²) in [7, 11) is 0. The number of ether oxygens (including phenoxy) is 1. The predicted molar refractivity (Wildman–Crippen MR) is 93.8 cm³/mol. The Morgan fingerprint density at radius 3 is 2.58 bits per heavy atom. The maximum absolute atomic E-state index is 12.1. The van der Waals surface area contributed by atoms with Gasteiger partial charge in [0.05, 0.1) is 11.4 Å². The Hall–Kier alpha value is -2.94. The number of rotatable bonds is 7. The molecule has 0 aliphatic rings. The number of anilines is 1. The van der Waals surface area contributed by atoms with E-state index in [0.717, 1.165) is 5.69 Å². The van der Waals surface area contributed by atoms with Crippen LogP contribution in [-0.2, 0) is 4.79 Å². The van der Waals surface area contributed by atoms with E-state index in [9.17, 15) is 13.6 Å². The van der Waals surface area contributed by atoms with E-state index in [1.165, 1.54) is 36.0 Å². The van der Waals surface area contributed by atoms with Crippen molar-refractivity contribution in [2.75, 3.05) is 11.1 Å². The molecule has 0 atom stereocenters. The minimum absolute atomic E-state index is 0.0306. The van der Waals surface area contributed by atoms with Gasteiger partial charge in [-0.2, -0.15) is 8.78 Å². The van der Waals surface area contributed by atoms with Crippen LogP contribution in [0.2, 0.25) is 0 Å². The van der Waals surface area contributed by atoms with Gasteiger partial charge in [0.2, 0.25) is 11.1 Å². The van der Waals surface area contributed by atoms with Crippen molar-refractivity contribution < 1.29 is 18.3 Å². The van der Waals surface area contributed by atoms with Crippen molar-refractivity contribution in [3.05, 3.63) is 60.9 Å². The summed E-state index contributed by atoms with van der Waals surface area (Å²) in [6, 6.07) is 15.2. The van der Waals surface area contributed by atoms with Crippen LogP contribution in [0, 0.1) is 0 Å². The molecule has 0 unspecified atom stereocenters. The second-order valence-electron chi connectivity index (χ2n) is 5.05. The molecule has 3 rings (SSSR count). The lowest BCUT2D eigenvalue weighted by atomic mass is 10.3. The van der Waals surface area contributed by atoms with E-state index in [1.807, 2.05) is 30.3 Å². The van der Waals surface area contributed by atoms with Gasteiger partial charge in [-0.05, 0) is 36.4 Å². The molecule has 26 heavy (non-hydrogen) atoms. The van der Waals surface area contributed by atoms with Crippen LogP contribution in [0.1, 0.15) is 0 Å². The molecule has 0 bridgehead atoms. The molecule has 0 saturated heterocycles. The third-order valence-corrected chi connectivity index (χ3v) is 4.04. The van der Waals surface area contributed by atoms with Crippen LogP contribution < -0.4 is 10.1 Å². The minimum atomic E-state index is -2.88. The number of nitrogens with one attached hydrogen (secondary N) is 1. The average molecular weight is 376 g/mol. The van der Waals surface area contributed by atoms with Gasteiger partial charge in [0, 0.05) is 5.69 Å². The predicted octanol–water partition coefficient (Wildman–Crippen LogP) is 3.60. The van der Waals surface area contributed by atoms with Crippen LogP contribution in [0.5, 0.6) is 5.75 Å². The Kier molecular flexibility index (Phi) is 5.80. The fourth-order valence-corrected chi connectivity index (χ4v) is 2.67. The molecule has 134 valence electrons. The molecule has 1 amide bonds. The molecule has 1 aromatic heterocycles. The van der Waals surface area contributed by atoms with Crippen LogP contribution in [-0.4, -0.2) is 33.0 Å². The minimum Gasteiger partial charge on any atom is -0.435 e. The maximum atomic E-state index is 12.1. The number of carbonyl (C=O) groups is 1. The maximum Gasteiger partial charge on any atom is 0.387 e. The van der Waals surface area contributed by atoms with Crippen LogP contribution >= 0.6 is 11.8 Å². The number of alkyl halides is 2. The molecule has 0 radical (unpaired) electrons. The van der Waals surface area contributed by atoms with Gasteiger partial charge in [0.25, 0.3) is 0 Å². The SMILES string of the molecule is O=C(CSc1ncn(-c2ccccc2)n1)Nc1ccc(OC(F)F)cc1. The second-order valence-corrected chi connectivity index (χ2v) is 5.99. The number of amides is 1. The summed E-state index contributed by atoms with van der Waals surface area (Å²) in [6.45, 7) is -2.88. The third kappa shape index (κ3) is 5.03. The van der Waals surface area contributed by atoms with Gasteiger partial charge in [-0.3, -0.25) is 4.79 Å².